The molecule has 0 aliphatic rings. The van der Waals surface area contributed by atoms with E-state index < -0.39 is 0 Å². The van der Waals surface area contributed by atoms with Crippen molar-refractivity contribution in [2.45, 2.75) is 60.0 Å². The van der Waals surface area contributed by atoms with Gasteiger partial charge in [-0.15, -0.1) is 0 Å². The largest absolute Gasteiger partial charge is 0.314 e. The van der Waals surface area contributed by atoms with Crippen LogP contribution in [0, 0.1) is 11.8 Å². The molecule has 1 aromatic heterocycles. The smallest absolute Gasteiger partial charge is 0.0627 e. The lowest BCUT2D eigenvalue weighted by Gasteiger charge is -2.21. The zero-order chi connectivity index (χ0) is 13.7. The Labute approximate surface area is 112 Å². The normalized spacial score (nSPS) is 15.3. The van der Waals surface area contributed by atoms with E-state index in [4.69, 9.17) is 0 Å². The predicted octanol–water partition coefficient (Wildman–Crippen LogP) is 3.28. The maximum Gasteiger partial charge on any atom is 0.0627 e. The van der Waals surface area contributed by atoms with Gasteiger partial charge in [-0.3, -0.25) is 4.68 Å². The summed E-state index contributed by atoms with van der Waals surface area (Å²) in [5.74, 6) is 1.34. The van der Waals surface area contributed by atoms with Crippen LogP contribution in [0.3, 0.4) is 0 Å². The molecule has 104 valence electrons. The first-order chi connectivity index (χ1) is 8.40. The van der Waals surface area contributed by atoms with Gasteiger partial charge in [0, 0.05) is 18.3 Å². The number of hydrogen-bond donors (Lipinski definition) is 1. The van der Waals surface area contributed by atoms with Crippen LogP contribution in [0.15, 0.2) is 12.3 Å². The Balaban J connectivity index is 2.45. The third kappa shape index (κ3) is 4.81. The van der Waals surface area contributed by atoms with E-state index >= 15 is 0 Å². The molecule has 1 aromatic rings. The molecule has 3 heteroatoms. The Hall–Kier alpha value is -0.830. The van der Waals surface area contributed by atoms with Crippen LogP contribution in [0.1, 0.15) is 53.3 Å². The topological polar surface area (TPSA) is 29.9 Å². The first-order valence-corrected chi connectivity index (χ1v) is 7.17. The average Bonchev–Trinajstić information content (AvgIpc) is 2.74. The van der Waals surface area contributed by atoms with Crippen molar-refractivity contribution in [2.75, 3.05) is 6.54 Å². The van der Waals surface area contributed by atoms with E-state index in [1.54, 1.807) is 0 Å². The molecule has 0 radical (unpaired) electrons. The Morgan fingerprint density at radius 2 is 1.78 bits per heavy atom. The van der Waals surface area contributed by atoms with Crippen molar-refractivity contribution in [1.29, 1.82) is 0 Å². The molecule has 2 unspecified atom stereocenters. The van der Waals surface area contributed by atoms with E-state index in [2.05, 4.69) is 64.2 Å². The summed E-state index contributed by atoms with van der Waals surface area (Å²) < 4.78 is 2.04. The van der Waals surface area contributed by atoms with Crippen LogP contribution in [0.5, 0.6) is 0 Å². The molecule has 0 spiro atoms. The van der Waals surface area contributed by atoms with Crippen LogP contribution in [-0.4, -0.2) is 22.4 Å². The fraction of sp³-hybridized carbons (Fsp3) is 0.800. The zero-order valence-corrected chi connectivity index (χ0v) is 12.8. The first-order valence-electron chi connectivity index (χ1n) is 7.17. The lowest BCUT2D eigenvalue weighted by atomic mass is 9.91. The van der Waals surface area contributed by atoms with Crippen LogP contribution in [0.4, 0.5) is 0 Å². The fourth-order valence-electron chi connectivity index (χ4n) is 1.93. The minimum atomic E-state index is 0.453. The molecule has 0 amide bonds. The van der Waals surface area contributed by atoms with Crippen LogP contribution in [0.25, 0.3) is 0 Å². The summed E-state index contributed by atoms with van der Waals surface area (Å²) in [6.07, 6.45) is 3.16. The lowest BCUT2D eigenvalue weighted by Crippen LogP contribution is -2.31. The minimum absolute atomic E-state index is 0.453. The monoisotopic (exact) mass is 251 g/mol. The average molecular weight is 251 g/mol. The van der Waals surface area contributed by atoms with Gasteiger partial charge < -0.3 is 5.32 Å². The molecule has 3 nitrogen and oxygen atoms in total. The lowest BCUT2D eigenvalue weighted by molar-refractivity contribution is 0.350. The van der Waals surface area contributed by atoms with Gasteiger partial charge in [0.1, 0.15) is 0 Å². The van der Waals surface area contributed by atoms with Crippen LogP contribution < -0.4 is 5.32 Å². The van der Waals surface area contributed by atoms with E-state index in [-0.39, 0.29) is 0 Å². The standard InChI is InChI=1S/C15H29N3/c1-11(2)16-10-14(6)13(5)9-15-7-8-18(17-15)12(3)4/h7-8,11-14,16H,9-10H2,1-6H3. The second kappa shape index (κ2) is 6.93. The van der Waals surface area contributed by atoms with E-state index in [1.165, 1.54) is 5.69 Å². The summed E-state index contributed by atoms with van der Waals surface area (Å²) in [5, 5.41) is 8.13. The number of rotatable bonds is 7. The van der Waals surface area contributed by atoms with E-state index in [0.29, 0.717) is 23.9 Å². The summed E-state index contributed by atoms with van der Waals surface area (Å²) in [6.45, 7) is 14.4. The molecule has 0 fully saturated rings. The van der Waals surface area contributed by atoms with E-state index in [0.717, 1.165) is 13.0 Å². The van der Waals surface area contributed by atoms with Crippen molar-refractivity contribution in [1.82, 2.24) is 15.1 Å². The SMILES string of the molecule is CC(C)NCC(C)C(C)Cc1ccn(C(C)C)n1. The summed E-state index contributed by atoms with van der Waals surface area (Å²) in [4.78, 5) is 0. The Kier molecular flexibility index (Phi) is 5.86. The molecule has 1 heterocycles. The third-order valence-electron chi connectivity index (χ3n) is 3.54. The van der Waals surface area contributed by atoms with Crippen LogP contribution in [0.2, 0.25) is 0 Å². The van der Waals surface area contributed by atoms with Gasteiger partial charge >= 0.3 is 0 Å². The van der Waals surface area contributed by atoms with Gasteiger partial charge in [0.2, 0.25) is 0 Å². The van der Waals surface area contributed by atoms with Gasteiger partial charge in [0.25, 0.3) is 0 Å². The highest BCUT2D eigenvalue weighted by Crippen LogP contribution is 2.16. The quantitative estimate of drug-likeness (QED) is 0.806. The molecule has 0 aliphatic heterocycles. The van der Waals surface area contributed by atoms with Crippen molar-refractivity contribution in [3.63, 3.8) is 0 Å². The highest BCUT2D eigenvalue weighted by Gasteiger charge is 2.14. The Morgan fingerprint density at radius 3 is 2.28 bits per heavy atom. The number of aromatic nitrogens is 2. The van der Waals surface area contributed by atoms with Crippen LogP contribution in [-0.2, 0) is 6.42 Å². The van der Waals surface area contributed by atoms with E-state index in [1.807, 2.05) is 4.68 Å². The number of nitrogens with one attached hydrogen (secondary N) is 1. The van der Waals surface area contributed by atoms with Crippen molar-refractivity contribution in [2.24, 2.45) is 11.8 Å². The van der Waals surface area contributed by atoms with Crippen molar-refractivity contribution < 1.29 is 0 Å². The number of hydrogen-bond acceptors (Lipinski definition) is 2. The molecule has 0 aliphatic carbocycles. The highest BCUT2D eigenvalue weighted by atomic mass is 15.3. The van der Waals surface area contributed by atoms with Crippen molar-refractivity contribution in [3.8, 4) is 0 Å². The molecule has 0 bridgehead atoms. The summed E-state index contributed by atoms with van der Waals surface area (Å²) >= 11 is 0. The molecule has 0 saturated heterocycles. The predicted molar refractivity (Wildman–Crippen MR) is 77.8 cm³/mol. The molecular formula is C15H29N3. The number of nitrogens with zero attached hydrogens (tertiary/aromatic N) is 2. The van der Waals surface area contributed by atoms with Gasteiger partial charge in [-0.1, -0.05) is 27.7 Å². The Morgan fingerprint density at radius 1 is 1.11 bits per heavy atom. The van der Waals surface area contributed by atoms with Gasteiger partial charge in [-0.05, 0) is 44.7 Å². The molecule has 0 aromatic carbocycles. The molecule has 2 atom stereocenters. The zero-order valence-electron chi connectivity index (χ0n) is 12.8. The molecule has 0 saturated carbocycles. The third-order valence-corrected chi connectivity index (χ3v) is 3.54. The first kappa shape index (κ1) is 15.2. The second-order valence-corrected chi connectivity index (χ2v) is 6.10. The summed E-state index contributed by atoms with van der Waals surface area (Å²) in [5.41, 5.74) is 1.22. The maximum absolute atomic E-state index is 4.62. The van der Waals surface area contributed by atoms with Crippen molar-refractivity contribution >= 4 is 0 Å². The molecular weight excluding hydrogens is 222 g/mol. The van der Waals surface area contributed by atoms with Gasteiger partial charge in [0.15, 0.2) is 0 Å². The van der Waals surface area contributed by atoms with Gasteiger partial charge in [0.05, 0.1) is 5.69 Å². The summed E-state index contributed by atoms with van der Waals surface area (Å²) in [6, 6.07) is 3.17. The maximum atomic E-state index is 4.62. The highest BCUT2D eigenvalue weighted by molar-refractivity contribution is 5.01. The van der Waals surface area contributed by atoms with Gasteiger partial charge in [-0.2, -0.15) is 5.10 Å². The summed E-state index contributed by atoms with van der Waals surface area (Å²) in [7, 11) is 0. The second-order valence-electron chi connectivity index (χ2n) is 6.10. The van der Waals surface area contributed by atoms with Crippen LogP contribution >= 0.6 is 0 Å². The molecule has 1 rings (SSSR count). The van der Waals surface area contributed by atoms with E-state index in [9.17, 15) is 0 Å². The molecule has 18 heavy (non-hydrogen) atoms. The van der Waals surface area contributed by atoms with Gasteiger partial charge in [-0.25, -0.2) is 0 Å². The minimum Gasteiger partial charge on any atom is -0.314 e. The fourth-order valence-corrected chi connectivity index (χ4v) is 1.93. The molecule has 1 N–H and O–H groups in total. The van der Waals surface area contributed by atoms with Crippen molar-refractivity contribution in [3.05, 3.63) is 18.0 Å². The Bertz CT molecular complexity index is 341.